The number of nitrogens with one attached hydrogen (secondary N) is 1. The summed E-state index contributed by atoms with van der Waals surface area (Å²) in [4.78, 5) is 16.0. The maximum Gasteiger partial charge on any atom is 0.338 e. The Morgan fingerprint density at radius 2 is 1.81 bits per heavy atom. The zero-order valence-electron chi connectivity index (χ0n) is 14.2. The first-order valence-electron chi connectivity index (χ1n) is 7.90. The molecule has 0 aliphatic rings. The topological polar surface area (TPSA) is 85.4 Å². The highest BCUT2D eigenvalue weighted by atomic mass is 35.5. The first kappa shape index (κ1) is 19.3. The fourth-order valence-electron chi connectivity index (χ4n) is 2.23. The summed E-state index contributed by atoms with van der Waals surface area (Å²) < 4.78 is 32.4. The molecular formula is C18H15ClN2O4S2. The number of sulfonamides is 1. The summed E-state index contributed by atoms with van der Waals surface area (Å²) in [5.74, 6) is -0.498. The van der Waals surface area contributed by atoms with E-state index in [-0.39, 0.29) is 22.2 Å². The zero-order chi connectivity index (χ0) is 19.4. The van der Waals surface area contributed by atoms with Crippen LogP contribution in [0.5, 0.6) is 0 Å². The van der Waals surface area contributed by atoms with E-state index in [1.807, 2.05) is 12.1 Å². The maximum absolute atomic E-state index is 12.5. The van der Waals surface area contributed by atoms with Gasteiger partial charge < -0.3 is 4.74 Å². The Kier molecular flexibility index (Phi) is 5.79. The van der Waals surface area contributed by atoms with E-state index in [0.29, 0.717) is 10.7 Å². The van der Waals surface area contributed by atoms with E-state index in [1.165, 1.54) is 35.6 Å². The zero-order valence-corrected chi connectivity index (χ0v) is 16.6. The van der Waals surface area contributed by atoms with Gasteiger partial charge in [0, 0.05) is 16.0 Å². The monoisotopic (exact) mass is 422 g/mol. The van der Waals surface area contributed by atoms with Crippen LogP contribution in [0.4, 0.5) is 5.13 Å². The largest absolute Gasteiger partial charge is 0.462 e. The highest BCUT2D eigenvalue weighted by molar-refractivity contribution is 7.93. The van der Waals surface area contributed by atoms with Gasteiger partial charge in [-0.2, -0.15) is 0 Å². The summed E-state index contributed by atoms with van der Waals surface area (Å²) in [6.45, 7) is 1.95. The summed E-state index contributed by atoms with van der Waals surface area (Å²) in [5.41, 5.74) is 1.77. The van der Waals surface area contributed by atoms with Crippen LogP contribution in [-0.2, 0) is 14.8 Å². The number of carbonyl (C=O) groups is 1. The van der Waals surface area contributed by atoms with E-state index in [0.717, 1.165) is 5.56 Å². The molecule has 27 heavy (non-hydrogen) atoms. The number of hydrogen-bond donors (Lipinski definition) is 1. The lowest BCUT2D eigenvalue weighted by atomic mass is 10.2. The van der Waals surface area contributed by atoms with E-state index >= 15 is 0 Å². The Morgan fingerprint density at radius 3 is 2.44 bits per heavy atom. The number of nitrogens with zero attached hydrogens (tertiary/aromatic N) is 1. The number of thiazole rings is 1. The first-order valence-corrected chi connectivity index (χ1v) is 10.6. The predicted molar refractivity (Wildman–Crippen MR) is 106 cm³/mol. The SMILES string of the molecule is CCOC(=O)c1ccc(S(=O)(=O)Nc2nc(-c3ccc(Cl)cc3)cs2)cc1. The second kappa shape index (κ2) is 8.08. The van der Waals surface area contributed by atoms with Gasteiger partial charge >= 0.3 is 5.97 Å². The molecule has 1 aromatic heterocycles. The van der Waals surface area contributed by atoms with Crippen molar-refractivity contribution in [1.82, 2.24) is 4.98 Å². The first-order chi connectivity index (χ1) is 12.9. The molecule has 1 heterocycles. The number of carbonyl (C=O) groups excluding carboxylic acids is 1. The van der Waals surface area contributed by atoms with Gasteiger partial charge in [-0.1, -0.05) is 23.7 Å². The van der Waals surface area contributed by atoms with Gasteiger partial charge in [0.15, 0.2) is 5.13 Å². The van der Waals surface area contributed by atoms with Gasteiger partial charge in [-0.05, 0) is 43.3 Å². The molecule has 0 atom stereocenters. The molecule has 2 aromatic carbocycles. The van der Waals surface area contributed by atoms with Gasteiger partial charge in [0.25, 0.3) is 10.0 Å². The van der Waals surface area contributed by atoms with Crippen molar-refractivity contribution < 1.29 is 17.9 Å². The number of ether oxygens (including phenoxy) is 1. The van der Waals surface area contributed by atoms with Crippen molar-refractivity contribution in [3.05, 3.63) is 64.5 Å². The molecule has 0 aliphatic carbocycles. The van der Waals surface area contributed by atoms with Crippen LogP contribution in [0, 0.1) is 0 Å². The molecule has 0 saturated heterocycles. The summed E-state index contributed by atoms with van der Waals surface area (Å²) in [5, 5.41) is 2.61. The maximum atomic E-state index is 12.5. The van der Waals surface area contributed by atoms with Crippen LogP contribution in [0.1, 0.15) is 17.3 Å². The lowest BCUT2D eigenvalue weighted by molar-refractivity contribution is 0.0526. The van der Waals surface area contributed by atoms with Crippen molar-refractivity contribution in [3.63, 3.8) is 0 Å². The Balaban J connectivity index is 1.76. The number of aromatic nitrogens is 1. The molecular weight excluding hydrogens is 408 g/mol. The molecule has 6 nitrogen and oxygen atoms in total. The number of esters is 1. The lowest BCUT2D eigenvalue weighted by Gasteiger charge is -2.06. The highest BCUT2D eigenvalue weighted by Gasteiger charge is 2.17. The van der Waals surface area contributed by atoms with Gasteiger partial charge in [0.05, 0.1) is 22.8 Å². The van der Waals surface area contributed by atoms with Crippen LogP contribution >= 0.6 is 22.9 Å². The molecule has 1 N–H and O–H groups in total. The molecule has 0 unspecified atom stereocenters. The molecule has 3 aromatic rings. The molecule has 0 aliphatic heterocycles. The molecule has 0 spiro atoms. The van der Waals surface area contributed by atoms with Crippen LogP contribution in [0.25, 0.3) is 11.3 Å². The van der Waals surface area contributed by atoms with Gasteiger partial charge in [0.1, 0.15) is 0 Å². The van der Waals surface area contributed by atoms with E-state index < -0.39 is 16.0 Å². The number of anilines is 1. The second-order valence-corrected chi connectivity index (χ2v) is 8.37. The number of hydrogen-bond acceptors (Lipinski definition) is 6. The van der Waals surface area contributed by atoms with Crippen molar-refractivity contribution in [2.24, 2.45) is 0 Å². The third-order valence-electron chi connectivity index (χ3n) is 3.54. The fourth-order valence-corrected chi connectivity index (χ4v) is 4.33. The minimum Gasteiger partial charge on any atom is -0.462 e. The molecule has 3 rings (SSSR count). The Bertz CT molecular complexity index is 1050. The van der Waals surface area contributed by atoms with Crippen molar-refractivity contribution in [2.75, 3.05) is 11.3 Å². The normalized spacial score (nSPS) is 11.2. The average molecular weight is 423 g/mol. The van der Waals surface area contributed by atoms with Crippen molar-refractivity contribution in [2.45, 2.75) is 11.8 Å². The van der Waals surface area contributed by atoms with Crippen LogP contribution in [-0.4, -0.2) is 26.0 Å². The second-order valence-electron chi connectivity index (χ2n) is 5.40. The molecule has 0 amide bonds. The van der Waals surface area contributed by atoms with Gasteiger partial charge in [-0.25, -0.2) is 18.2 Å². The number of rotatable bonds is 6. The van der Waals surface area contributed by atoms with E-state index in [9.17, 15) is 13.2 Å². The van der Waals surface area contributed by atoms with Gasteiger partial charge in [-0.15, -0.1) is 11.3 Å². The van der Waals surface area contributed by atoms with Gasteiger partial charge in [0.2, 0.25) is 0 Å². The lowest BCUT2D eigenvalue weighted by Crippen LogP contribution is -2.13. The minimum atomic E-state index is -3.82. The smallest absolute Gasteiger partial charge is 0.338 e. The van der Waals surface area contributed by atoms with Crippen molar-refractivity contribution in [3.8, 4) is 11.3 Å². The third-order valence-corrected chi connectivity index (χ3v) is 6.04. The van der Waals surface area contributed by atoms with Crippen LogP contribution < -0.4 is 4.72 Å². The summed E-state index contributed by atoms with van der Waals surface area (Å²) >= 11 is 7.05. The minimum absolute atomic E-state index is 0.0267. The highest BCUT2D eigenvalue weighted by Crippen LogP contribution is 2.27. The summed E-state index contributed by atoms with van der Waals surface area (Å²) in [7, 11) is -3.82. The number of benzene rings is 2. The molecule has 0 bridgehead atoms. The van der Waals surface area contributed by atoms with E-state index in [4.69, 9.17) is 16.3 Å². The molecule has 0 fully saturated rings. The Labute approximate surface area is 165 Å². The Hall–Kier alpha value is -2.42. The molecule has 140 valence electrons. The van der Waals surface area contributed by atoms with Crippen LogP contribution in [0.2, 0.25) is 5.02 Å². The average Bonchev–Trinajstić information content (AvgIpc) is 3.10. The summed E-state index contributed by atoms with van der Waals surface area (Å²) in [6, 6.07) is 12.6. The number of halogens is 1. The molecule has 9 heteroatoms. The van der Waals surface area contributed by atoms with Gasteiger partial charge in [-0.3, -0.25) is 4.72 Å². The van der Waals surface area contributed by atoms with E-state index in [2.05, 4.69) is 9.71 Å². The molecule has 0 saturated carbocycles. The predicted octanol–water partition coefficient (Wildman–Crippen LogP) is 4.44. The van der Waals surface area contributed by atoms with Crippen molar-refractivity contribution >= 4 is 44.1 Å². The standard InChI is InChI=1S/C18H15ClN2O4S2/c1-2-25-17(22)13-5-9-15(10-6-13)27(23,24)21-18-20-16(11-26-18)12-3-7-14(19)8-4-12/h3-11H,2H2,1H3,(H,20,21). The van der Waals surface area contributed by atoms with E-state index in [1.54, 1.807) is 24.4 Å². The summed E-state index contributed by atoms with van der Waals surface area (Å²) in [6.07, 6.45) is 0. The fraction of sp³-hybridized carbons (Fsp3) is 0.111. The third kappa shape index (κ3) is 4.65. The van der Waals surface area contributed by atoms with Crippen molar-refractivity contribution in [1.29, 1.82) is 0 Å². The quantitative estimate of drug-likeness (QED) is 0.593. The van der Waals surface area contributed by atoms with Crippen LogP contribution in [0.3, 0.4) is 0 Å². The molecule has 0 radical (unpaired) electrons. The Morgan fingerprint density at radius 1 is 1.15 bits per heavy atom. The van der Waals surface area contributed by atoms with Crippen LogP contribution in [0.15, 0.2) is 58.8 Å².